The zero-order valence-electron chi connectivity index (χ0n) is 11.5. The van der Waals surface area contributed by atoms with Gasteiger partial charge in [-0.3, -0.25) is 5.41 Å². The number of benzene rings is 1. The summed E-state index contributed by atoms with van der Waals surface area (Å²) >= 11 is 0. The van der Waals surface area contributed by atoms with E-state index in [1.807, 2.05) is 30.3 Å². The zero-order chi connectivity index (χ0) is 14.8. The van der Waals surface area contributed by atoms with Crippen LogP contribution in [0.5, 0.6) is 5.75 Å². The van der Waals surface area contributed by atoms with E-state index in [9.17, 15) is 0 Å². The third-order valence-electron chi connectivity index (χ3n) is 2.41. The fraction of sp³-hybridized carbons (Fsp3) is 0.357. The second-order valence-electron chi connectivity index (χ2n) is 4.08. The first-order chi connectivity index (χ1) is 9.67. The van der Waals surface area contributed by atoms with Crippen LogP contribution in [0.4, 0.5) is 0 Å². The minimum absolute atomic E-state index is 0.181. The van der Waals surface area contributed by atoms with Gasteiger partial charge in [0, 0.05) is 0 Å². The highest BCUT2D eigenvalue weighted by Crippen LogP contribution is 2.11. The van der Waals surface area contributed by atoms with E-state index in [4.69, 9.17) is 21.1 Å². The lowest BCUT2D eigenvalue weighted by atomic mass is 10.2. The first kappa shape index (κ1) is 15.5. The van der Waals surface area contributed by atoms with Crippen molar-refractivity contribution >= 4 is 12.2 Å². The number of nitriles is 1. The second-order valence-corrected chi connectivity index (χ2v) is 4.08. The van der Waals surface area contributed by atoms with E-state index >= 15 is 0 Å². The summed E-state index contributed by atoms with van der Waals surface area (Å²) in [6.07, 6.45) is 2.83. The molecule has 0 aliphatic heterocycles. The van der Waals surface area contributed by atoms with Crippen LogP contribution < -0.4 is 10.5 Å². The van der Waals surface area contributed by atoms with Crippen LogP contribution in [0, 0.1) is 16.7 Å². The number of hydrazone groups is 1. The summed E-state index contributed by atoms with van der Waals surface area (Å²) in [5.74, 6) is 0.635. The fourth-order valence-corrected chi connectivity index (χ4v) is 1.40. The molecule has 0 saturated heterocycles. The van der Waals surface area contributed by atoms with Crippen molar-refractivity contribution in [2.75, 3.05) is 13.2 Å². The van der Waals surface area contributed by atoms with E-state index in [0.717, 1.165) is 17.7 Å². The molecule has 0 radical (unpaired) electrons. The van der Waals surface area contributed by atoms with E-state index in [2.05, 4.69) is 12.0 Å². The molecule has 0 atom stereocenters. The third kappa shape index (κ3) is 5.40. The highest BCUT2D eigenvalue weighted by molar-refractivity contribution is 5.82. The van der Waals surface area contributed by atoms with Gasteiger partial charge in [0.25, 0.3) is 0 Å². The average molecular weight is 273 g/mol. The van der Waals surface area contributed by atoms with E-state index in [1.54, 1.807) is 6.21 Å². The number of hydrogen-bond donors (Lipinski definition) is 2. The molecule has 106 valence electrons. The van der Waals surface area contributed by atoms with Crippen molar-refractivity contribution in [1.29, 1.82) is 10.7 Å². The minimum Gasteiger partial charge on any atom is -0.494 e. The van der Waals surface area contributed by atoms with Gasteiger partial charge in [-0.05, 0) is 36.2 Å². The van der Waals surface area contributed by atoms with Crippen molar-refractivity contribution < 1.29 is 4.74 Å². The standard InChI is InChI=1S/C14H19N5O/c1-2-10-20-13-6-4-12(5-7-13)11-18-19(14(16)17)9-3-8-15/h4-7,11H,2-3,9-10H2,1H3,(H3,16,17). The lowest BCUT2D eigenvalue weighted by molar-refractivity contribution is 0.317. The van der Waals surface area contributed by atoms with Crippen molar-refractivity contribution in [3.05, 3.63) is 29.8 Å². The summed E-state index contributed by atoms with van der Waals surface area (Å²) in [5.41, 5.74) is 6.26. The van der Waals surface area contributed by atoms with Crippen LogP contribution in [0.1, 0.15) is 25.3 Å². The normalized spacial score (nSPS) is 10.2. The molecule has 20 heavy (non-hydrogen) atoms. The molecular formula is C14H19N5O. The van der Waals surface area contributed by atoms with Gasteiger partial charge in [-0.2, -0.15) is 10.4 Å². The maximum absolute atomic E-state index is 8.53. The Kier molecular flexibility index (Phi) is 6.62. The van der Waals surface area contributed by atoms with Crippen LogP contribution in [0.25, 0.3) is 0 Å². The molecule has 0 unspecified atom stereocenters. The van der Waals surface area contributed by atoms with Crippen molar-refractivity contribution in [2.45, 2.75) is 19.8 Å². The first-order valence-corrected chi connectivity index (χ1v) is 6.42. The average Bonchev–Trinajstić information content (AvgIpc) is 2.46. The van der Waals surface area contributed by atoms with Gasteiger partial charge in [-0.15, -0.1) is 0 Å². The van der Waals surface area contributed by atoms with Gasteiger partial charge in [-0.1, -0.05) is 6.92 Å². The Morgan fingerprint density at radius 2 is 2.20 bits per heavy atom. The largest absolute Gasteiger partial charge is 0.494 e. The number of ether oxygens (including phenoxy) is 1. The molecule has 0 bridgehead atoms. The molecule has 0 saturated carbocycles. The number of hydrogen-bond acceptors (Lipinski definition) is 4. The highest BCUT2D eigenvalue weighted by Gasteiger charge is 2.02. The van der Waals surface area contributed by atoms with Crippen LogP contribution in [0.15, 0.2) is 29.4 Å². The number of guanidine groups is 1. The number of nitrogens with two attached hydrogens (primary N) is 1. The molecule has 0 fully saturated rings. The number of nitrogens with one attached hydrogen (secondary N) is 1. The smallest absolute Gasteiger partial charge is 0.209 e. The van der Waals surface area contributed by atoms with Crippen molar-refractivity contribution in [1.82, 2.24) is 5.01 Å². The summed E-state index contributed by atoms with van der Waals surface area (Å²) in [4.78, 5) is 0. The molecule has 0 aromatic heterocycles. The Bertz CT molecular complexity index is 489. The Labute approximate surface area is 119 Å². The lowest BCUT2D eigenvalue weighted by Crippen LogP contribution is -2.32. The predicted molar refractivity (Wildman–Crippen MR) is 78.7 cm³/mol. The summed E-state index contributed by atoms with van der Waals surface area (Å²) in [5, 5.41) is 21.3. The zero-order valence-corrected chi connectivity index (χ0v) is 11.5. The number of nitrogens with zero attached hydrogens (tertiary/aromatic N) is 3. The third-order valence-corrected chi connectivity index (χ3v) is 2.41. The van der Waals surface area contributed by atoms with Crippen molar-refractivity contribution in [2.24, 2.45) is 10.8 Å². The second kappa shape index (κ2) is 8.53. The number of rotatable bonds is 7. The van der Waals surface area contributed by atoms with Gasteiger partial charge < -0.3 is 10.5 Å². The van der Waals surface area contributed by atoms with Gasteiger partial charge in [0.05, 0.1) is 31.9 Å². The van der Waals surface area contributed by atoms with Crippen molar-refractivity contribution in [3.63, 3.8) is 0 Å². The molecule has 0 spiro atoms. The maximum Gasteiger partial charge on any atom is 0.209 e. The molecule has 3 N–H and O–H groups in total. The monoisotopic (exact) mass is 273 g/mol. The fourth-order valence-electron chi connectivity index (χ4n) is 1.40. The van der Waals surface area contributed by atoms with Gasteiger partial charge >= 0.3 is 0 Å². The molecule has 0 heterocycles. The van der Waals surface area contributed by atoms with E-state index in [1.165, 1.54) is 5.01 Å². The molecular weight excluding hydrogens is 254 g/mol. The van der Waals surface area contributed by atoms with Crippen LogP contribution in [-0.2, 0) is 0 Å². The van der Waals surface area contributed by atoms with Crippen LogP contribution in [0.3, 0.4) is 0 Å². The van der Waals surface area contributed by atoms with E-state index < -0.39 is 0 Å². The van der Waals surface area contributed by atoms with Gasteiger partial charge in [-0.25, -0.2) is 5.01 Å². The molecule has 6 nitrogen and oxygen atoms in total. The van der Waals surface area contributed by atoms with Crippen molar-refractivity contribution in [3.8, 4) is 11.8 Å². The first-order valence-electron chi connectivity index (χ1n) is 6.42. The molecule has 1 rings (SSSR count). The van der Waals surface area contributed by atoms with Gasteiger partial charge in [0.1, 0.15) is 5.75 Å². The molecule has 1 aromatic rings. The Hall–Kier alpha value is -2.55. The van der Waals surface area contributed by atoms with Crippen LogP contribution in [-0.4, -0.2) is 30.3 Å². The maximum atomic E-state index is 8.53. The molecule has 0 aliphatic rings. The lowest BCUT2D eigenvalue weighted by Gasteiger charge is -2.14. The van der Waals surface area contributed by atoms with Gasteiger partial charge in [0.15, 0.2) is 0 Å². The summed E-state index contributed by atoms with van der Waals surface area (Å²) in [6.45, 7) is 3.05. The molecule has 0 amide bonds. The highest BCUT2D eigenvalue weighted by atomic mass is 16.5. The van der Waals surface area contributed by atoms with Crippen LogP contribution in [0.2, 0.25) is 0 Å². The van der Waals surface area contributed by atoms with E-state index in [-0.39, 0.29) is 12.4 Å². The summed E-state index contributed by atoms with van der Waals surface area (Å²) < 4.78 is 5.48. The summed E-state index contributed by atoms with van der Waals surface area (Å²) in [6, 6.07) is 9.47. The summed E-state index contributed by atoms with van der Waals surface area (Å²) in [7, 11) is 0. The Balaban J connectivity index is 2.63. The minimum atomic E-state index is -0.181. The van der Waals surface area contributed by atoms with Crippen LogP contribution >= 0.6 is 0 Å². The van der Waals surface area contributed by atoms with E-state index in [0.29, 0.717) is 13.2 Å². The predicted octanol–water partition coefficient (Wildman–Crippen LogP) is 1.92. The topological polar surface area (TPSA) is 98.5 Å². The molecule has 6 heteroatoms. The Morgan fingerprint density at radius 1 is 1.50 bits per heavy atom. The quantitative estimate of drug-likeness (QED) is 0.450. The molecule has 1 aromatic carbocycles. The molecule has 0 aliphatic carbocycles. The SMILES string of the molecule is CCCOc1ccc(C=NN(CCC#N)C(=N)N)cc1. The van der Waals surface area contributed by atoms with Gasteiger partial charge in [0.2, 0.25) is 5.96 Å². The Morgan fingerprint density at radius 3 is 2.75 bits per heavy atom.